The van der Waals surface area contributed by atoms with E-state index in [1.165, 1.54) is 31.4 Å². The van der Waals surface area contributed by atoms with Crippen LogP contribution in [0.3, 0.4) is 0 Å². The first kappa shape index (κ1) is 17.3. The van der Waals surface area contributed by atoms with Gasteiger partial charge in [-0.25, -0.2) is 13.2 Å². The number of carboxylic acid groups (broad SMARTS) is 1. The molecule has 0 bridgehead atoms. The number of rotatable bonds is 5. The maximum absolute atomic E-state index is 12.6. The zero-order valence-electron chi connectivity index (χ0n) is 12.9. The molecular formula is C16H14N2O5S. The number of nitrogens with zero attached hydrogens (tertiary/aromatic N) is 1. The van der Waals surface area contributed by atoms with Gasteiger partial charge in [0.15, 0.2) is 0 Å². The van der Waals surface area contributed by atoms with Gasteiger partial charge in [-0.3, -0.25) is 4.72 Å². The monoisotopic (exact) mass is 346 g/mol. The number of methoxy groups -OCH3 is 1. The lowest BCUT2D eigenvalue weighted by Gasteiger charge is -2.14. The lowest BCUT2D eigenvalue weighted by molar-refractivity contribution is 0.0697. The Morgan fingerprint density at radius 2 is 2.00 bits per heavy atom. The van der Waals surface area contributed by atoms with Gasteiger partial charge in [-0.2, -0.15) is 5.26 Å². The summed E-state index contributed by atoms with van der Waals surface area (Å²) < 4.78 is 32.5. The van der Waals surface area contributed by atoms with Crippen molar-refractivity contribution in [3.05, 3.63) is 53.1 Å². The molecular weight excluding hydrogens is 332 g/mol. The Bertz CT molecular complexity index is 945. The average Bonchev–Trinajstić information content (AvgIpc) is 2.53. The van der Waals surface area contributed by atoms with Crippen molar-refractivity contribution in [1.82, 2.24) is 0 Å². The van der Waals surface area contributed by atoms with Crippen molar-refractivity contribution in [3.63, 3.8) is 0 Å². The molecule has 2 N–H and O–H groups in total. The second kappa shape index (κ2) is 6.60. The van der Waals surface area contributed by atoms with Crippen LogP contribution in [0.5, 0.6) is 5.75 Å². The molecule has 2 aromatic rings. The van der Waals surface area contributed by atoms with Gasteiger partial charge in [-0.05, 0) is 36.8 Å². The van der Waals surface area contributed by atoms with E-state index in [0.717, 1.165) is 0 Å². The number of hydrogen-bond donors (Lipinski definition) is 2. The van der Waals surface area contributed by atoms with Crippen LogP contribution in [0.2, 0.25) is 0 Å². The van der Waals surface area contributed by atoms with Crippen LogP contribution in [0.15, 0.2) is 41.3 Å². The van der Waals surface area contributed by atoms with Gasteiger partial charge in [0, 0.05) is 0 Å². The maximum Gasteiger partial charge on any atom is 0.338 e. The third-order valence-corrected chi connectivity index (χ3v) is 4.72. The number of sulfonamides is 1. The van der Waals surface area contributed by atoms with Gasteiger partial charge in [-0.1, -0.05) is 12.1 Å². The molecule has 8 heteroatoms. The summed E-state index contributed by atoms with van der Waals surface area (Å²) in [5, 5.41) is 18.2. The number of benzene rings is 2. The van der Waals surface area contributed by atoms with Crippen LogP contribution in [-0.4, -0.2) is 26.6 Å². The zero-order valence-corrected chi connectivity index (χ0v) is 13.7. The summed E-state index contributed by atoms with van der Waals surface area (Å²) >= 11 is 0. The van der Waals surface area contributed by atoms with Crippen LogP contribution >= 0.6 is 0 Å². The van der Waals surface area contributed by atoms with Gasteiger partial charge in [0.25, 0.3) is 10.0 Å². The number of carbonyl (C=O) groups is 1. The van der Waals surface area contributed by atoms with E-state index in [4.69, 9.17) is 10.00 Å². The molecule has 0 atom stereocenters. The molecule has 0 aliphatic heterocycles. The highest BCUT2D eigenvalue weighted by Crippen LogP contribution is 2.28. The highest BCUT2D eigenvalue weighted by atomic mass is 32.2. The van der Waals surface area contributed by atoms with E-state index in [-0.39, 0.29) is 27.5 Å². The fraction of sp³-hybridized carbons (Fsp3) is 0.125. The van der Waals surface area contributed by atoms with Crippen LogP contribution in [0.4, 0.5) is 5.69 Å². The Hall–Kier alpha value is -3.05. The number of aryl methyl sites for hydroxylation is 1. The van der Waals surface area contributed by atoms with Crippen LogP contribution in [0.1, 0.15) is 21.5 Å². The van der Waals surface area contributed by atoms with E-state index >= 15 is 0 Å². The molecule has 0 saturated carbocycles. The molecule has 0 unspecified atom stereocenters. The Balaban J connectivity index is 2.53. The predicted molar refractivity (Wildman–Crippen MR) is 86.7 cm³/mol. The van der Waals surface area contributed by atoms with Crippen molar-refractivity contribution >= 4 is 21.7 Å². The van der Waals surface area contributed by atoms with Crippen molar-refractivity contribution < 1.29 is 23.1 Å². The minimum absolute atomic E-state index is 0.00826. The molecule has 0 saturated heterocycles. The molecule has 0 aliphatic carbocycles. The number of carboxylic acids is 1. The quantitative estimate of drug-likeness (QED) is 0.858. The molecule has 0 amide bonds. The van der Waals surface area contributed by atoms with Crippen molar-refractivity contribution in [2.75, 3.05) is 11.8 Å². The average molecular weight is 346 g/mol. The van der Waals surface area contributed by atoms with Crippen LogP contribution in [0, 0.1) is 18.3 Å². The van der Waals surface area contributed by atoms with E-state index in [1.54, 1.807) is 19.1 Å². The van der Waals surface area contributed by atoms with Crippen molar-refractivity contribution in [3.8, 4) is 11.8 Å². The number of anilines is 1. The van der Waals surface area contributed by atoms with Crippen molar-refractivity contribution in [2.45, 2.75) is 11.8 Å². The van der Waals surface area contributed by atoms with Crippen molar-refractivity contribution in [2.24, 2.45) is 0 Å². The third kappa shape index (κ3) is 3.31. The van der Waals surface area contributed by atoms with Gasteiger partial charge in [0.1, 0.15) is 10.6 Å². The lowest BCUT2D eigenvalue weighted by Crippen LogP contribution is -2.17. The minimum atomic E-state index is -4.10. The Morgan fingerprint density at radius 3 is 2.58 bits per heavy atom. The highest BCUT2D eigenvalue weighted by Gasteiger charge is 2.23. The van der Waals surface area contributed by atoms with E-state index in [9.17, 15) is 18.3 Å². The first-order valence-electron chi connectivity index (χ1n) is 6.74. The van der Waals surface area contributed by atoms with E-state index in [0.29, 0.717) is 5.56 Å². The molecule has 0 aromatic heterocycles. The lowest BCUT2D eigenvalue weighted by atomic mass is 10.1. The largest absolute Gasteiger partial charge is 0.495 e. The zero-order chi connectivity index (χ0) is 17.9. The molecule has 0 spiro atoms. The summed E-state index contributed by atoms with van der Waals surface area (Å²) in [5.74, 6) is -1.25. The smallest absolute Gasteiger partial charge is 0.338 e. The standard InChI is InChI=1S/C16H14N2O5S/c1-10-4-3-5-12(15(10)16(19)20)18-24(21,22)14-7-6-11(9-17)8-13(14)23-2/h3-8,18H,1-2H3,(H,19,20). The molecule has 2 aromatic carbocycles. The molecule has 0 fully saturated rings. The first-order valence-corrected chi connectivity index (χ1v) is 8.22. The summed E-state index contributed by atoms with van der Waals surface area (Å²) in [6, 6.07) is 10.2. The van der Waals surface area contributed by atoms with Gasteiger partial charge in [0.2, 0.25) is 0 Å². The van der Waals surface area contributed by atoms with Gasteiger partial charge >= 0.3 is 5.97 Å². The van der Waals surface area contributed by atoms with Crippen molar-refractivity contribution in [1.29, 1.82) is 5.26 Å². The number of nitriles is 1. The molecule has 0 radical (unpaired) electrons. The Morgan fingerprint density at radius 1 is 1.29 bits per heavy atom. The maximum atomic E-state index is 12.6. The molecule has 7 nitrogen and oxygen atoms in total. The topological polar surface area (TPSA) is 116 Å². The first-order chi connectivity index (χ1) is 11.3. The predicted octanol–water partition coefficient (Wildman–Crippen LogP) is 2.37. The second-order valence-corrected chi connectivity index (χ2v) is 6.54. The van der Waals surface area contributed by atoms with Gasteiger partial charge < -0.3 is 9.84 Å². The molecule has 0 aliphatic rings. The summed E-state index contributed by atoms with van der Waals surface area (Å²) in [6.45, 7) is 1.57. The molecule has 24 heavy (non-hydrogen) atoms. The SMILES string of the molecule is COc1cc(C#N)ccc1S(=O)(=O)Nc1cccc(C)c1C(=O)O. The number of ether oxygens (including phenoxy) is 1. The fourth-order valence-corrected chi connectivity index (χ4v) is 3.42. The Labute approximate surface area is 139 Å². The number of nitrogens with one attached hydrogen (secondary N) is 1. The van der Waals surface area contributed by atoms with Gasteiger partial charge in [-0.15, -0.1) is 0 Å². The Kier molecular flexibility index (Phi) is 4.76. The van der Waals surface area contributed by atoms with Crippen LogP contribution in [-0.2, 0) is 10.0 Å². The second-order valence-electron chi connectivity index (χ2n) is 4.89. The van der Waals surface area contributed by atoms with E-state index in [2.05, 4.69) is 4.72 Å². The number of hydrogen-bond acceptors (Lipinski definition) is 5. The summed E-state index contributed by atoms with van der Waals surface area (Å²) in [4.78, 5) is 11.2. The van der Waals surface area contributed by atoms with Gasteiger partial charge in [0.05, 0.1) is 30.0 Å². The summed E-state index contributed by atoms with van der Waals surface area (Å²) in [6.07, 6.45) is 0. The normalized spacial score (nSPS) is 10.7. The highest BCUT2D eigenvalue weighted by molar-refractivity contribution is 7.92. The fourth-order valence-electron chi connectivity index (χ4n) is 2.20. The third-order valence-electron chi connectivity index (χ3n) is 3.31. The summed E-state index contributed by atoms with van der Waals surface area (Å²) in [5.41, 5.74) is 0.490. The summed E-state index contributed by atoms with van der Waals surface area (Å²) in [7, 11) is -2.82. The molecule has 0 heterocycles. The van der Waals surface area contributed by atoms with Crippen LogP contribution < -0.4 is 9.46 Å². The minimum Gasteiger partial charge on any atom is -0.495 e. The van der Waals surface area contributed by atoms with Crippen LogP contribution in [0.25, 0.3) is 0 Å². The van der Waals surface area contributed by atoms with E-state index in [1.807, 2.05) is 6.07 Å². The molecule has 124 valence electrons. The number of aromatic carboxylic acids is 1. The molecule has 2 rings (SSSR count). The van der Waals surface area contributed by atoms with E-state index < -0.39 is 16.0 Å².